The van der Waals surface area contributed by atoms with Crippen LogP contribution in [0.2, 0.25) is 0 Å². The first-order chi connectivity index (χ1) is 5.99. The third-order valence-electron chi connectivity index (χ3n) is 2.55. The van der Waals surface area contributed by atoms with Crippen LogP contribution >= 0.6 is 0 Å². The van der Waals surface area contributed by atoms with Crippen LogP contribution in [0.15, 0.2) is 12.7 Å². The molecule has 0 spiro atoms. The van der Waals surface area contributed by atoms with Gasteiger partial charge >= 0.3 is 0 Å². The fourth-order valence-electron chi connectivity index (χ4n) is 1.48. The monoisotopic (exact) mass is 182 g/mol. The molecule has 4 heteroatoms. The van der Waals surface area contributed by atoms with Crippen molar-refractivity contribution in [2.75, 3.05) is 13.1 Å². The summed E-state index contributed by atoms with van der Waals surface area (Å²) in [7, 11) is 0. The van der Waals surface area contributed by atoms with Gasteiger partial charge in [-0.05, 0) is 19.4 Å². The van der Waals surface area contributed by atoms with E-state index in [0.29, 0.717) is 19.5 Å². The quantitative estimate of drug-likeness (QED) is 0.606. The average molecular weight is 182 g/mol. The summed E-state index contributed by atoms with van der Waals surface area (Å²) in [6, 6.07) is 0. The minimum atomic E-state index is -0.557. The fraction of sp³-hybridized carbons (Fsp3) is 0.556. The Labute approximate surface area is 77.4 Å². The first kappa shape index (κ1) is 9.77. The smallest absolute Gasteiger partial charge is 0.245 e. The third-order valence-corrected chi connectivity index (χ3v) is 2.55. The molecule has 0 aromatic heterocycles. The molecule has 0 bridgehead atoms. The molecule has 0 aliphatic carbocycles. The average Bonchev–Trinajstić information content (AvgIpc) is 2.48. The van der Waals surface area contributed by atoms with Gasteiger partial charge in [-0.2, -0.15) is 0 Å². The van der Waals surface area contributed by atoms with Crippen molar-refractivity contribution in [3.63, 3.8) is 0 Å². The van der Waals surface area contributed by atoms with Crippen molar-refractivity contribution in [1.29, 1.82) is 0 Å². The molecule has 1 atom stereocenters. The zero-order valence-corrected chi connectivity index (χ0v) is 7.75. The van der Waals surface area contributed by atoms with Gasteiger partial charge in [0.05, 0.1) is 5.41 Å². The van der Waals surface area contributed by atoms with E-state index in [9.17, 15) is 9.59 Å². The molecule has 13 heavy (non-hydrogen) atoms. The van der Waals surface area contributed by atoms with E-state index in [-0.39, 0.29) is 11.8 Å². The summed E-state index contributed by atoms with van der Waals surface area (Å²) in [5.41, 5.74) is 4.68. The first-order valence-electron chi connectivity index (χ1n) is 4.21. The highest BCUT2D eigenvalue weighted by molar-refractivity contribution is 5.89. The molecule has 72 valence electrons. The van der Waals surface area contributed by atoms with Crippen LogP contribution in [-0.4, -0.2) is 29.8 Å². The number of likely N-dealkylation sites (tertiary alicyclic amines) is 1. The fourth-order valence-corrected chi connectivity index (χ4v) is 1.48. The molecule has 0 aromatic carbocycles. The Morgan fingerprint density at radius 1 is 1.62 bits per heavy atom. The highest BCUT2D eigenvalue weighted by Crippen LogP contribution is 2.29. The Bertz CT molecular complexity index is 262. The number of rotatable bonds is 2. The summed E-state index contributed by atoms with van der Waals surface area (Å²) in [4.78, 5) is 23.8. The number of amides is 2. The van der Waals surface area contributed by atoms with Crippen LogP contribution in [0.25, 0.3) is 0 Å². The van der Waals surface area contributed by atoms with Crippen LogP contribution < -0.4 is 5.73 Å². The summed E-state index contributed by atoms with van der Waals surface area (Å²) in [5.74, 6) is -0.475. The standard InChI is InChI=1S/C9H14N2O2/c1-3-7(12)11-5-4-9(2,6-11)8(10)13/h3H,1,4-6H2,2H3,(H2,10,13). The van der Waals surface area contributed by atoms with E-state index in [0.717, 1.165) is 0 Å². The zero-order valence-electron chi connectivity index (χ0n) is 7.75. The van der Waals surface area contributed by atoms with E-state index in [1.807, 2.05) is 0 Å². The number of hydrogen-bond acceptors (Lipinski definition) is 2. The van der Waals surface area contributed by atoms with Crippen LogP contribution in [0.1, 0.15) is 13.3 Å². The van der Waals surface area contributed by atoms with E-state index in [2.05, 4.69) is 6.58 Å². The molecule has 0 saturated carbocycles. The van der Waals surface area contributed by atoms with Crippen LogP contribution in [0, 0.1) is 5.41 Å². The second-order valence-corrected chi connectivity index (χ2v) is 3.64. The lowest BCUT2D eigenvalue weighted by molar-refractivity contribution is -0.128. The van der Waals surface area contributed by atoms with Gasteiger partial charge in [-0.1, -0.05) is 6.58 Å². The lowest BCUT2D eigenvalue weighted by atomic mass is 9.89. The van der Waals surface area contributed by atoms with E-state index in [1.54, 1.807) is 11.8 Å². The SMILES string of the molecule is C=CC(=O)N1CCC(C)(C(N)=O)C1. The number of nitrogens with two attached hydrogens (primary N) is 1. The number of carbonyl (C=O) groups is 2. The molecule has 4 nitrogen and oxygen atoms in total. The molecule has 0 aromatic rings. The predicted molar refractivity (Wildman–Crippen MR) is 48.7 cm³/mol. The Morgan fingerprint density at radius 3 is 2.62 bits per heavy atom. The van der Waals surface area contributed by atoms with Crippen molar-refractivity contribution in [2.45, 2.75) is 13.3 Å². The second kappa shape index (κ2) is 3.20. The maximum atomic E-state index is 11.2. The van der Waals surface area contributed by atoms with E-state index in [4.69, 9.17) is 5.73 Å². The summed E-state index contributed by atoms with van der Waals surface area (Å²) in [6.07, 6.45) is 1.90. The zero-order chi connectivity index (χ0) is 10.1. The largest absolute Gasteiger partial charge is 0.369 e. The summed E-state index contributed by atoms with van der Waals surface area (Å²) in [6.45, 7) is 6.17. The highest BCUT2D eigenvalue weighted by atomic mass is 16.2. The number of hydrogen-bond donors (Lipinski definition) is 1. The van der Waals surface area contributed by atoms with Crippen molar-refractivity contribution >= 4 is 11.8 Å². The van der Waals surface area contributed by atoms with Crippen molar-refractivity contribution < 1.29 is 9.59 Å². The van der Waals surface area contributed by atoms with Crippen molar-refractivity contribution in [2.24, 2.45) is 11.1 Å². The second-order valence-electron chi connectivity index (χ2n) is 3.64. The minimum Gasteiger partial charge on any atom is -0.369 e. The van der Waals surface area contributed by atoms with Gasteiger partial charge in [0.1, 0.15) is 0 Å². The van der Waals surface area contributed by atoms with E-state index >= 15 is 0 Å². The maximum Gasteiger partial charge on any atom is 0.245 e. The maximum absolute atomic E-state index is 11.2. The molecule has 1 aliphatic heterocycles. The van der Waals surface area contributed by atoms with E-state index < -0.39 is 5.41 Å². The molecule has 1 saturated heterocycles. The van der Waals surface area contributed by atoms with Gasteiger partial charge in [0.15, 0.2) is 0 Å². The highest BCUT2D eigenvalue weighted by Gasteiger charge is 2.39. The molecule has 1 heterocycles. The normalized spacial score (nSPS) is 27.3. The Balaban J connectivity index is 2.68. The van der Waals surface area contributed by atoms with Crippen LogP contribution in [-0.2, 0) is 9.59 Å². The number of nitrogens with zero attached hydrogens (tertiary/aromatic N) is 1. The van der Waals surface area contributed by atoms with Gasteiger partial charge in [0.25, 0.3) is 0 Å². The van der Waals surface area contributed by atoms with Gasteiger partial charge in [-0.25, -0.2) is 0 Å². The molecule has 0 radical (unpaired) electrons. The van der Waals surface area contributed by atoms with Crippen LogP contribution in [0.5, 0.6) is 0 Å². The molecule has 2 amide bonds. The van der Waals surface area contributed by atoms with Crippen molar-refractivity contribution in [3.8, 4) is 0 Å². The molecule has 2 N–H and O–H groups in total. The Hall–Kier alpha value is -1.32. The summed E-state index contributed by atoms with van der Waals surface area (Å²) < 4.78 is 0. The third kappa shape index (κ3) is 1.71. The van der Waals surface area contributed by atoms with Gasteiger partial charge in [0, 0.05) is 13.1 Å². The lowest BCUT2D eigenvalue weighted by Crippen LogP contribution is -2.38. The Morgan fingerprint density at radius 2 is 2.23 bits per heavy atom. The molecule has 1 unspecified atom stereocenters. The molecule has 1 rings (SSSR count). The van der Waals surface area contributed by atoms with Crippen LogP contribution in [0.4, 0.5) is 0 Å². The van der Waals surface area contributed by atoms with Crippen LogP contribution in [0.3, 0.4) is 0 Å². The molecular weight excluding hydrogens is 168 g/mol. The first-order valence-corrected chi connectivity index (χ1v) is 4.21. The van der Waals surface area contributed by atoms with Gasteiger partial charge < -0.3 is 10.6 Å². The molecule has 1 aliphatic rings. The topological polar surface area (TPSA) is 63.4 Å². The van der Waals surface area contributed by atoms with Crippen molar-refractivity contribution in [1.82, 2.24) is 4.90 Å². The number of carbonyl (C=O) groups excluding carboxylic acids is 2. The van der Waals surface area contributed by atoms with Crippen molar-refractivity contribution in [3.05, 3.63) is 12.7 Å². The van der Waals surface area contributed by atoms with Gasteiger partial charge in [-0.3, -0.25) is 9.59 Å². The number of primary amides is 1. The summed E-state index contributed by atoms with van der Waals surface area (Å²) in [5, 5.41) is 0. The lowest BCUT2D eigenvalue weighted by Gasteiger charge is -2.19. The Kier molecular flexibility index (Phi) is 2.40. The summed E-state index contributed by atoms with van der Waals surface area (Å²) >= 11 is 0. The predicted octanol–water partition coefficient (Wildman–Crippen LogP) is -0.104. The van der Waals surface area contributed by atoms with Gasteiger partial charge in [-0.15, -0.1) is 0 Å². The van der Waals surface area contributed by atoms with Gasteiger partial charge in [0.2, 0.25) is 11.8 Å². The molecule has 1 fully saturated rings. The minimum absolute atomic E-state index is 0.134. The van der Waals surface area contributed by atoms with E-state index in [1.165, 1.54) is 6.08 Å². The molecular formula is C9H14N2O2.